The number of nitriles is 1. The van der Waals surface area contributed by atoms with Crippen molar-refractivity contribution in [3.8, 4) is 34.7 Å². The number of pyridine rings is 3. The molecule has 1 saturated heterocycles. The average Bonchev–Trinajstić information content (AvgIpc) is 3.35. The number of ether oxygens (including phenoxy) is 3. The predicted molar refractivity (Wildman–Crippen MR) is 142 cm³/mol. The quantitative estimate of drug-likeness (QED) is 0.359. The number of rotatable bonds is 8. The molecule has 4 aromatic heterocycles. The normalized spacial score (nSPS) is 14.3. The minimum absolute atomic E-state index is 0.0549. The van der Waals surface area contributed by atoms with E-state index in [1.54, 1.807) is 30.5 Å². The van der Waals surface area contributed by atoms with Crippen molar-refractivity contribution in [2.75, 3.05) is 31.7 Å². The van der Waals surface area contributed by atoms with Crippen LogP contribution in [-0.4, -0.2) is 63.0 Å². The number of aliphatic hydroxyl groups is 1. The zero-order valence-electron chi connectivity index (χ0n) is 22.0. The van der Waals surface area contributed by atoms with Crippen molar-refractivity contribution < 1.29 is 23.7 Å². The van der Waals surface area contributed by atoms with Crippen LogP contribution in [0.1, 0.15) is 32.4 Å². The molecule has 1 fully saturated rings. The van der Waals surface area contributed by atoms with Crippen LogP contribution in [0, 0.1) is 17.1 Å². The third kappa shape index (κ3) is 5.86. The molecule has 4 aromatic rings. The first kappa shape index (κ1) is 26.2. The molecule has 1 aliphatic rings. The number of hydrogen-bond acceptors (Lipinski definition) is 9. The van der Waals surface area contributed by atoms with Gasteiger partial charge in [-0.2, -0.15) is 5.26 Å². The molecule has 39 heavy (non-hydrogen) atoms. The van der Waals surface area contributed by atoms with Gasteiger partial charge in [-0.1, -0.05) is 0 Å². The summed E-state index contributed by atoms with van der Waals surface area (Å²) >= 11 is 0. The molecule has 10 nitrogen and oxygen atoms in total. The lowest BCUT2D eigenvalue weighted by molar-refractivity contribution is 0.0285. The Hall–Kier alpha value is -4.43. The Labute approximate surface area is 225 Å². The number of hydrogen-bond donors (Lipinski definition) is 1. The Bertz CT molecular complexity index is 1500. The molecule has 0 aliphatic carbocycles. The number of piperidine rings is 1. The molecule has 1 aliphatic heterocycles. The number of nitrogens with zero attached hydrogens (tertiary/aromatic N) is 6. The van der Waals surface area contributed by atoms with Gasteiger partial charge in [0.15, 0.2) is 5.82 Å². The highest BCUT2D eigenvalue weighted by atomic mass is 19.1. The summed E-state index contributed by atoms with van der Waals surface area (Å²) in [6.07, 6.45) is 6.19. The summed E-state index contributed by atoms with van der Waals surface area (Å²) in [6, 6.07) is 10.9. The number of anilines is 1. The SMILES string of the molecule is COc1ncc(OC2CCN(c3ccc(-c4cc(OCC(C)(C)O)cc5ncc(C#N)n45)cn3)CC2)cc1F. The maximum absolute atomic E-state index is 13.9. The van der Waals surface area contributed by atoms with Crippen LogP contribution in [0.5, 0.6) is 17.4 Å². The predicted octanol–water partition coefficient (Wildman–Crippen LogP) is 4.01. The highest BCUT2D eigenvalue weighted by Gasteiger charge is 2.23. The highest BCUT2D eigenvalue weighted by Crippen LogP contribution is 2.30. The summed E-state index contributed by atoms with van der Waals surface area (Å²) in [5, 5.41) is 19.7. The summed E-state index contributed by atoms with van der Waals surface area (Å²) in [5.41, 5.74) is 1.46. The van der Waals surface area contributed by atoms with Crippen LogP contribution < -0.4 is 19.1 Å². The fourth-order valence-corrected chi connectivity index (χ4v) is 4.47. The molecule has 0 saturated carbocycles. The third-order valence-corrected chi connectivity index (χ3v) is 6.38. The Kier molecular flexibility index (Phi) is 7.21. The lowest BCUT2D eigenvalue weighted by Gasteiger charge is -2.33. The number of imidazole rings is 1. The van der Waals surface area contributed by atoms with E-state index in [0.29, 0.717) is 28.5 Å². The lowest BCUT2D eigenvalue weighted by Crippen LogP contribution is -2.38. The van der Waals surface area contributed by atoms with Crippen molar-refractivity contribution in [1.82, 2.24) is 19.4 Å². The van der Waals surface area contributed by atoms with Gasteiger partial charge in [0.1, 0.15) is 47.4 Å². The van der Waals surface area contributed by atoms with Crippen molar-refractivity contribution >= 4 is 11.5 Å². The molecule has 11 heteroatoms. The Morgan fingerprint density at radius 2 is 1.87 bits per heavy atom. The molecule has 0 radical (unpaired) electrons. The molecule has 0 unspecified atom stereocenters. The molecule has 5 heterocycles. The van der Waals surface area contributed by atoms with Crippen molar-refractivity contribution in [3.63, 3.8) is 0 Å². The fourth-order valence-electron chi connectivity index (χ4n) is 4.47. The van der Waals surface area contributed by atoms with Crippen LogP contribution in [0.2, 0.25) is 0 Å². The number of aromatic nitrogens is 4. The average molecular weight is 533 g/mol. The second-order valence-corrected chi connectivity index (χ2v) is 10.00. The molecule has 0 amide bonds. The summed E-state index contributed by atoms with van der Waals surface area (Å²) in [4.78, 5) is 15.1. The van der Waals surface area contributed by atoms with E-state index in [0.717, 1.165) is 37.3 Å². The molecule has 0 atom stereocenters. The standard InChI is InChI=1S/C28H29FN6O4/c1-28(2,36)17-38-21-11-24(35-19(13-30)15-32-26(35)12-21)18-4-5-25(31-14-18)34-8-6-20(7-9-34)39-22-10-23(29)27(37-3)33-16-22/h4-5,10-12,14-16,20,36H,6-9,17H2,1-3H3. The van der Waals surface area contributed by atoms with Crippen LogP contribution in [0.25, 0.3) is 16.9 Å². The first-order valence-corrected chi connectivity index (χ1v) is 12.6. The number of methoxy groups -OCH3 is 1. The van der Waals surface area contributed by atoms with E-state index in [-0.39, 0.29) is 18.6 Å². The maximum atomic E-state index is 13.9. The van der Waals surface area contributed by atoms with Crippen molar-refractivity contribution in [2.24, 2.45) is 0 Å². The van der Waals surface area contributed by atoms with Crippen LogP contribution in [0.3, 0.4) is 0 Å². The highest BCUT2D eigenvalue weighted by molar-refractivity contribution is 5.68. The van der Waals surface area contributed by atoms with Gasteiger partial charge in [0.2, 0.25) is 5.88 Å². The van der Waals surface area contributed by atoms with Gasteiger partial charge in [-0.3, -0.25) is 4.40 Å². The lowest BCUT2D eigenvalue weighted by atomic mass is 10.1. The molecule has 202 valence electrons. The fraction of sp³-hybridized carbons (Fsp3) is 0.357. The summed E-state index contributed by atoms with van der Waals surface area (Å²) in [6.45, 7) is 4.91. The van der Waals surface area contributed by atoms with Crippen LogP contribution in [-0.2, 0) is 0 Å². The van der Waals surface area contributed by atoms with Gasteiger partial charge < -0.3 is 24.2 Å². The van der Waals surface area contributed by atoms with Gasteiger partial charge in [-0.15, -0.1) is 0 Å². The van der Waals surface area contributed by atoms with E-state index < -0.39 is 11.4 Å². The minimum Gasteiger partial charge on any atom is -0.490 e. The van der Waals surface area contributed by atoms with E-state index in [2.05, 4.69) is 20.9 Å². The smallest absolute Gasteiger partial charge is 0.250 e. The largest absolute Gasteiger partial charge is 0.490 e. The first-order chi connectivity index (χ1) is 18.7. The zero-order chi connectivity index (χ0) is 27.6. The second-order valence-electron chi connectivity index (χ2n) is 10.00. The maximum Gasteiger partial charge on any atom is 0.250 e. The van der Waals surface area contributed by atoms with Crippen LogP contribution >= 0.6 is 0 Å². The molecule has 5 rings (SSSR count). The van der Waals surface area contributed by atoms with E-state index >= 15 is 0 Å². The van der Waals surface area contributed by atoms with E-state index in [4.69, 9.17) is 19.2 Å². The van der Waals surface area contributed by atoms with E-state index in [1.807, 2.05) is 18.2 Å². The molecule has 0 bridgehead atoms. The van der Waals surface area contributed by atoms with Crippen LogP contribution in [0.15, 0.2) is 48.9 Å². The van der Waals surface area contributed by atoms with Crippen molar-refractivity contribution in [3.05, 3.63) is 60.4 Å². The molecule has 0 spiro atoms. The minimum atomic E-state index is -0.997. The Morgan fingerprint density at radius 3 is 2.51 bits per heavy atom. The molecular formula is C28H29FN6O4. The summed E-state index contributed by atoms with van der Waals surface area (Å²) in [5.74, 6) is 1.13. The first-order valence-electron chi connectivity index (χ1n) is 12.6. The monoisotopic (exact) mass is 532 g/mol. The van der Waals surface area contributed by atoms with Gasteiger partial charge in [0.25, 0.3) is 0 Å². The van der Waals surface area contributed by atoms with Crippen molar-refractivity contribution in [1.29, 1.82) is 5.26 Å². The number of fused-ring (bicyclic) bond motifs is 1. The Morgan fingerprint density at radius 1 is 1.08 bits per heavy atom. The van der Waals surface area contributed by atoms with Gasteiger partial charge in [-0.25, -0.2) is 19.3 Å². The van der Waals surface area contributed by atoms with Crippen LogP contribution in [0.4, 0.5) is 10.2 Å². The van der Waals surface area contributed by atoms with E-state index in [1.165, 1.54) is 25.6 Å². The van der Waals surface area contributed by atoms with Gasteiger partial charge >= 0.3 is 0 Å². The number of halogens is 1. The van der Waals surface area contributed by atoms with Gasteiger partial charge in [0.05, 0.1) is 30.8 Å². The molecule has 1 N–H and O–H groups in total. The van der Waals surface area contributed by atoms with E-state index in [9.17, 15) is 14.8 Å². The van der Waals surface area contributed by atoms with Crippen molar-refractivity contribution in [2.45, 2.75) is 38.4 Å². The third-order valence-electron chi connectivity index (χ3n) is 6.38. The Balaban J connectivity index is 1.30. The summed E-state index contributed by atoms with van der Waals surface area (Å²) in [7, 11) is 1.37. The zero-order valence-corrected chi connectivity index (χ0v) is 22.0. The summed E-state index contributed by atoms with van der Waals surface area (Å²) < 4.78 is 32.3. The molecular weight excluding hydrogens is 503 g/mol. The topological polar surface area (TPSA) is 118 Å². The van der Waals surface area contributed by atoms with Gasteiger partial charge in [0, 0.05) is 55.9 Å². The molecule has 0 aromatic carbocycles. The second kappa shape index (κ2) is 10.7. The van der Waals surface area contributed by atoms with Gasteiger partial charge in [-0.05, 0) is 26.0 Å².